The van der Waals surface area contributed by atoms with Crippen LogP contribution in [0, 0.1) is 0 Å². The summed E-state index contributed by atoms with van der Waals surface area (Å²) in [6, 6.07) is 0. The topological polar surface area (TPSA) is 44.8 Å². The summed E-state index contributed by atoms with van der Waals surface area (Å²) < 4.78 is 15.2. The maximum Gasteiger partial charge on any atom is 0.335 e. The summed E-state index contributed by atoms with van der Waals surface area (Å²) in [5.74, 6) is -0.392. The van der Waals surface area contributed by atoms with Gasteiger partial charge >= 0.3 is 5.97 Å². The molecule has 0 radical (unpaired) electrons. The molecule has 0 aromatic carbocycles. The summed E-state index contributed by atoms with van der Waals surface area (Å²) in [6.07, 6.45) is 0. The molecule has 0 aromatic heterocycles. The van der Waals surface area contributed by atoms with Gasteiger partial charge in [0.1, 0.15) is 5.60 Å². The maximum atomic E-state index is 11.1. The molecule has 1 heterocycles. The smallest absolute Gasteiger partial charge is 0.335 e. The largest absolute Gasteiger partial charge is 0.463 e. The fourth-order valence-electron chi connectivity index (χ4n) is 1.03. The Balaban J connectivity index is 2.23. The molecule has 1 saturated heterocycles. The van der Waals surface area contributed by atoms with Crippen molar-refractivity contribution in [3.63, 3.8) is 0 Å². The molecule has 0 unspecified atom stereocenters. The Morgan fingerprint density at radius 1 is 1.57 bits per heavy atom. The summed E-state index contributed by atoms with van der Waals surface area (Å²) in [4.78, 5) is 11.1. The highest BCUT2D eigenvalue weighted by Crippen LogP contribution is 2.21. The molecule has 1 aliphatic rings. The van der Waals surface area contributed by atoms with Crippen molar-refractivity contribution >= 4 is 5.97 Å². The van der Waals surface area contributed by atoms with Crippen LogP contribution in [-0.4, -0.2) is 38.0 Å². The summed E-state index contributed by atoms with van der Waals surface area (Å²) in [5, 5.41) is 0. The molecule has 0 N–H and O–H groups in total. The van der Waals surface area contributed by atoms with E-state index in [4.69, 9.17) is 14.2 Å². The molecule has 0 amide bonds. The van der Waals surface area contributed by atoms with Crippen LogP contribution >= 0.6 is 0 Å². The highest BCUT2D eigenvalue weighted by atomic mass is 16.6. The zero-order valence-corrected chi connectivity index (χ0v) is 8.67. The SMILES string of the molecule is C=C(COC1(C)COC1)C(=O)OCC. The first-order chi connectivity index (χ1) is 6.57. The molecule has 4 nitrogen and oxygen atoms in total. The van der Waals surface area contributed by atoms with E-state index in [2.05, 4.69) is 6.58 Å². The predicted molar refractivity (Wildman–Crippen MR) is 50.9 cm³/mol. The number of carbonyl (C=O) groups excluding carboxylic acids is 1. The van der Waals surface area contributed by atoms with E-state index < -0.39 is 5.97 Å². The van der Waals surface area contributed by atoms with E-state index in [0.29, 0.717) is 25.4 Å². The molecule has 0 spiro atoms. The fourth-order valence-corrected chi connectivity index (χ4v) is 1.03. The minimum Gasteiger partial charge on any atom is -0.463 e. The van der Waals surface area contributed by atoms with Gasteiger partial charge in [-0.2, -0.15) is 0 Å². The summed E-state index contributed by atoms with van der Waals surface area (Å²) in [5.41, 5.74) is 0.0927. The first-order valence-corrected chi connectivity index (χ1v) is 4.64. The van der Waals surface area contributed by atoms with E-state index in [0.717, 1.165) is 0 Å². The van der Waals surface area contributed by atoms with Gasteiger partial charge in [0.15, 0.2) is 0 Å². The second-order valence-corrected chi connectivity index (χ2v) is 3.56. The maximum absolute atomic E-state index is 11.1. The number of carbonyl (C=O) groups is 1. The van der Waals surface area contributed by atoms with Crippen LogP contribution in [0.1, 0.15) is 13.8 Å². The molecule has 0 bridgehead atoms. The van der Waals surface area contributed by atoms with Crippen LogP contribution in [0.3, 0.4) is 0 Å². The zero-order valence-electron chi connectivity index (χ0n) is 8.67. The Kier molecular flexibility index (Phi) is 3.66. The van der Waals surface area contributed by atoms with Crippen LogP contribution in [0.15, 0.2) is 12.2 Å². The molecule has 80 valence electrons. The molecule has 4 heteroatoms. The van der Waals surface area contributed by atoms with E-state index in [1.54, 1.807) is 6.92 Å². The average molecular weight is 200 g/mol. The van der Waals surface area contributed by atoms with Crippen LogP contribution in [0.25, 0.3) is 0 Å². The fraction of sp³-hybridized carbons (Fsp3) is 0.700. The molecular weight excluding hydrogens is 184 g/mol. The lowest BCUT2D eigenvalue weighted by molar-refractivity contribution is -0.195. The molecular formula is C10H16O4. The van der Waals surface area contributed by atoms with Crippen molar-refractivity contribution in [1.82, 2.24) is 0 Å². The van der Waals surface area contributed by atoms with Crippen molar-refractivity contribution in [2.75, 3.05) is 26.4 Å². The van der Waals surface area contributed by atoms with Gasteiger partial charge in [0.05, 0.1) is 32.0 Å². The number of rotatable bonds is 5. The quantitative estimate of drug-likeness (QED) is 0.489. The van der Waals surface area contributed by atoms with Gasteiger partial charge in [0, 0.05) is 0 Å². The van der Waals surface area contributed by atoms with Crippen molar-refractivity contribution in [3.05, 3.63) is 12.2 Å². The van der Waals surface area contributed by atoms with Gasteiger partial charge in [-0.05, 0) is 13.8 Å². The number of hydrogen-bond donors (Lipinski definition) is 0. The van der Waals surface area contributed by atoms with Crippen molar-refractivity contribution < 1.29 is 19.0 Å². The zero-order chi connectivity index (χ0) is 10.6. The monoisotopic (exact) mass is 200 g/mol. The lowest BCUT2D eigenvalue weighted by Crippen LogP contribution is -2.49. The van der Waals surface area contributed by atoms with Crippen molar-refractivity contribution in [2.24, 2.45) is 0 Å². The number of ether oxygens (including phenoxy) is 3. The summed E-state index contributed by atoms with van der Waals surface area (Å²) >= 11 is 0. The molecule has 1 aliphatic heterocycles. The van der Waals surface area contributed by atoms with E-state index in [-0.39, 0.29) is 12.2 Å². The highest BCUT2D eigenvalue weighted by Gasteiger charge is 2.34. The molecule has 0 atom stereocenters. The van der Waals surface area contributed by atoms with Gasteiger partial charge in [-0.15, -0.1) is 0 Å². The second kappa shape index (κ2) is 4.57. The standard InChI is InChI=1S/C10H16O4/c1-4-13-9(11)8(2)5-14-10(3)6-12-7-10/h2,4-7H2,1,3H3. The molecule has 14 heavy (non-hydrogen) atoms. The summed E-state index contributed by atoms with van der Waals surface area (Å²) in [7, 11) is 0. The number of hydrogen-bond acceptors (Lipinski definition) is 4. The first kappa shape index (κ1) is 11.2. The lowest BCUT2D eigenvalue weighted by Gasteiger charge is -2.37. The van der Waals surface area contributed by atoms with Gasteiger partial charge in [0.25, 0.3) is 0 Å². The molecule has 1 fully saturated rings. The third kappa shape index (κ3) is 2.82. The Morgan fingerprint density at radius 3 is 2.64 bits per heavy atom. The van der Waals surface area contributed by atoms with E-state index in [1.807, 2.05) is 6.92 Å². The lowest BCUT2D eigenvalue weighted by atomic mass is 10.1. The summed E-state index contributed by atoms with van der Waals surface area (Å²) in [6.45, 7) is 9.00. The predicted octanol–water partition coefficient (Wildman–Crippen LogP) is 0.911. The minimum absolute atomic E-state index is 0.207. The molecule has 0 aliphatic carbocycles. The van der Waals surface area contributed by atoms with Crippen LogP contribution in [0.4, 0.5) is 0 Å². The van der Waals surface area contributed by atoms with Gasteiger partial charge in [0.2, 0.25) is 0 Å². The Labute approximate surface area is 83.8 Å². The Morgan fingerprint density at radius 2 is 2.21 bits per heavy atom. The van der Waals surface area contributed by atoms with E-state index >= 15 is 0 Å². The first-order valence-electron chi connectivity index (χ1n) is 4.64. The van der Waals surface area contributed by atoms with Crippen LogP contribution < -0.4 is 0 Å². The van der Waals surface area contributed by atoms with Gasteiger partial charge in [-0.1, -0.05) is 6.58 Å². The van der Waals surface area contributed by atoms with Gasteiger partial charge in [-0.25, -0.2) is 4.79 Å². The number of esters is 1. The molecule has 1 rings (SSSR count). The van der Waals surface area contributed by atoms with Crippen LogP contribution in [0.5, 0.6) is 0 Å². The van der Waals surface area contributed by atoms with Crippen LogP contribution in [0.2, 0.25) is 0 Å². The highest BCUT2D eigenvalue weighted by molar-refractivity contribution is 5.87. The van der Waals surface area contributed by atoms with Crippen molar-refractivity contribution in [2.45, 2.75) is 19.4 Å². The third-order valence-corrected chi connectivity index (χ3v) is 1.97. The van der Waals surface area contributed by atoms with Gasteiger partial charge in [-0.3, -0.25) is 0 Å². The minimum atomic E-state index is -0.392. The van der Waals surface area contributed by atoms with Crippen LogP contribution in [-0.2, 0) is 19.0 Å². The van der Waals surface area contributed by atoms with Crippen molar-refractivity contribution in [1.29, 1.82) is 0 Å². The normalized spacial score (nSPS) is 18.4. The van der Waals surface area contributed by atoms with E-state index in [1.165, 1.54) is 0 Å². The average Bonchev–Trinajstić information content (AvgIpc) is 2.11. The Bertz CT molecular complexity index is 230. The second-order valence-electron chi connectivity index (χ2n) is 3.56. The molecule has 0 aromatic rings. The Hall–Kier alpha value is -0.870. The van der Waals surface area contributed by atoms with E-state index in [9.17, 15) is 4.79 Å². The molecule has 0 saturated carbocycles. The van der Waals surface area contributed by atoms with Crippen molar-refractivity contribution in [3.8, 4) is 0 Å². The van der Waals surface area contributed by atoms with Gasteiger partial charge < -0.3 is 14.2 Å². The third-order valence-electron chi connectivity index (χ3n) is 1.97.